The predicted molar refractivity (Wildman–Crippen MR) is 102 cm³/mol. The summed E-state index contributed by atoms with van der Waals surface area (Å²) in [7, 11) is 1.13. The number of ketones is 3. The van der Waals surface area contributed by atoms with Crippen molar-refractivity contribution in [2.24, 2.45) is 0 Å². The highest BCUT2D eigenvalue weighted by atomic mass is 16.5. The van der Waals surface area contributed by atoms with Crippen LogP contribution in [-0.2, 0) is 9.53 Å². The molecule has 0 aliphatic heterocycles. The molecule has 8 heteroatoms. The molecule has 3 N–H and O–H groups in total. The number of aliphatic hydroxyl groups is 1. The van der Waals surface area contributed by atoms with Gasteiger partial charge in [0.15, 0.2) is 11.6 Å². The van der Waals surface area contributed by atoms with Crippen LogP contribution in [0.25, 0.3) is 0 Å². The Kier molecular flexibility index (Phi) is 4.28. The molecule has 0 aromatic heterocycles. The van der Waals surface area contributed by atoms with Crippen LogP contribution in [0.15, 0.2) is 24.3 Å². The van der Waals surface area contributed by atoms with Crippen molar-refractivity contribution in [2.75, 3.05) is 7.11 Å². The van der Waals surface area contributed by atoms with E-state index < -0.39 is 58.3 Å². The minimum atomic E-state index is -1.77. The maximum absolute atomic E-state index is 13.1. The summed E-state index contributed by atoms with van der Waals surface area (Å²) in [6, 6.07) is 5.19. The Balaban J connectivity index is 2.06. The lowest BCUT2D eigenvalue weighted by Gasteiger charge is -2.39. The molecule has 4 rings (SSSR count). The fourth-order valence-corrected chi connectivity index (χ4v) is 4.41. The Hall–Kier alpha value is -3.52. The van der Waals surface area contributed by atoms with E-state index in [4.69, 9.17) is 4.74 Å². The molecule has 0 saturated carbocycles. The van der Waals surface area contributed by atoms with Crippen molar-refractivity contribution in [3.8, 4) is 11.5 Å². The second-order valence-corrected chi connectivity index (χ2v) is 7.48. The zero-order chi connectivity index (χ0) is 22.0. The van der Waals surface area contributed by atoms with Gasteiger partial charge in [-0.2, -0.15) is 0 Å². The summed E-state index contributed by atoms with van der Waals surface area (Å²) in [6.45, 7) is 1.60. The van der Waals surface area contributed by atoms with Gasteiger partial charge in [-0.1, -0.05) is 19.1 Å². The third-order valence-corrected chi connectivity index (χ3v) is 5.96. The Morgan fingerprint density at radius 3 is 2.43 bits per heavy atom. The summed E-state index contributed by atoms with van der Waals surface area (Å²) in [6.07, 6.45) is -0.425. The van der Waals surface area contributed by atoms with E-state index in [0.717, 1.165) is 7.11 Å². The van der Waals surface area contributed by atoms with Crippen LogP contribution in [0.2, 0.25) is 0 Å². The summed E-state index contributed by atoms with van der Waals surface area (Å²) in [5, 5.41) is 31.9. The maximum atomic E-state index is 13.1. The van der Waals surface area contributed by atoms with Crippen LogP contribution < -0.4 is 0 Å². The molecule has 0 bridgehead atoms. The highest BCUT2D eigenvalue weighted by Gasteiger charge is 2.51. The minimum Gasteiger partial charge on any atom is -0.507 e. The molecule has 2 aromatic carbocycles. The molecule has 0 radical (unpaired) electrons. The van der Waals surface area contributed by atoms with Gasteiger partial charge in [-0.15, -0.1) is 0 Å². The Bertz CT molecular complexity index is 1160. The third kappa shape index (κ3) is 2.43. The van der Waals surface area contributed by atoms with Gasteiger partial charge in [0.1, 0.15) is 17.4 Å². The van der Waals surface area contributed by atoms with Gasteiger partial charge in [-0.05, 0) is 24.1 Å². The number of ether oxygens (including phenoxy) is 1. The molecule has 2 atom stereocenters. The van der Waals surface area contributed by atoms with Gasteiger partial charge in [-0.25, -0.2) is 0 Å². The lowest BCUT2D eigenvalue weighted by molar-refractivity contribution is -0.150. The van der Waals surface area contributed by atoms with Crippen LogP contribution >= 0.6 is 0 Å². The highest BCUT2D eigenvalue weighted by Crippen LogP contribution is 2.48. The van der Waals surface area contributed by atoms with Gasteiger partial charge >= 0.3 is 5.97 Å². The summed E-state index contributed by atoms with van der Waals surface area (Å²) >= 11 is 0. The van der Waals surface area contributed by atoms with E-state index >= 15 is 0 Å². The van der Waals surface area contributed by atoms with Crippen LogP contribution in [0.1, 0.15) is 73.4 Å². The first kappa shape index (κ1) is 19.8. The summed E-state index contributed by atoms with van der Waals surface area (Å²) in [4.78, 5) is 51.4. The summed E-state index contributed by atoms with van der Waals surface area (Å²) < 4.78 is 4.81. The molecule has 2 aliphatic rings. The Morgan fingerprint density at radius 1 is 1.10 bits per heavy atom. The average molecular weight is 410 g/mol. The Labute approximate surface area is 170 Å². The first-order valence-electron chi connectivity index (χ1n) is 9.30. The second-order valence-electron chi connectivity index (χ2n) is 7.48. The smallest absolute Gasteiger partial charge is 0.316 e. The largest absolute Gasteiger partial charge is 0.507 e. The molecule has 0 fully saturated rings. The van der Waals surface area contributed by atoms with E-state index in [1.165, 1.54) is 24.3 Å². The normalized spacial score (nSPS) is 22.2. The molecular formula is C22H18O8. The topological polar surface area (TPSA) is 138 Å². The first-order valence-corrected chi connectivity index (χ1v) is 9.30. The van der Waals surface area contributed by atoms with Crippen LogP contribution in [-0.4, -0.2) is 51.3 Å². The fraction of sp³-hybridized carbons (Fsp3) is 0.273. The third-order valence-electron chi connectivity index (χ3n) is 5.96. The molecule has 30 heavy (non-hydrogen) atoms. The van der Waals surface area contributed by atoms with Crippen molar-refractivity contribution < 1.29 is 39.2 Å². The van der Waals surface area contributed by atoms with Crippen LogP contribution in [0.5, 0.6) is 11.5 Å². The van der Waals surface area contributed by atoms with Gasteiger partial charge in [-0.3, -0.25) is 19.2 Å². The molecule has 8 nitrogen and oxygen atoms in total. The van der Waals surface area contributed by atoms with Gasteiger partial charge in [0, 0.05) is 17.5 Å². The number of hydrogen-bond acceptors (Lipinski definition) is 8. The number of aromatic hydroxyl groups is 2. The number of fused-ring (bicyclic) bond motifs is 3. The summed E-state index contributed by atoms with van der Waals surface area (Å²) in [5.74, 6) is -5.46. The van der Waals surface area contributed by atoms with Crippen molar-refractivity contribution in [3.63, 3.8) is 0 Å². The van der Waals surface area contributed by atoms with Crippen molar-refractivity contribution in [3.05, 3.63) is 57.6 Å². The van der Waals surface area contributed by atoms with Crippen LogP contribution in [0.4, 0.5) is 0 Å². The number of carbonyl (C=O) groups excluding carboxylic acids is 4. The zero-order valence-corrected chi connectivity index (χ0v) is 16.2. The van der Waals surface area contributed by atoms with E-state index in [1.807, 2.05) is 0 Å². The monoisotopic (exact) mass is 410 g/mol. The van der Waals surface area contributed by atoms with Crippen LogP contribution in [0.3, 0.4) is 0 Å². The number of phenols is 2. The molecule has 0 saturated heterocycles. The molecule has 0 heterocycles. The van der Waals surface area contributed by atoms with E-state index in [2.05, 4.69) is 0 Å². The average Bonchev–Trinajstić information content (AvgIpc) is 2.70. The first-order chi connectivity index (χ1) is 14.2. The lowest BCUT2D eigenvalue weighted by atomic mass is 9.67. The van der Waals surface area contributed by atoms with E-state index in [9.17, 15) is 34.5 Å². The summed E-state index contributed by atoms with van der Waals surface area (Å²) in [5.41, 5.74) is -3.08. The van der Waals surface area contributed by atoms with Crippen molar-refractivity contribution in [1.82, 2.24) is 0 Å². The molecular weight excluding hydrogens is 392 g/mol. The number of methoxy groups -OCH3 is 1. The zero-order valence-electron chi connectivity index (χ0n) is 16.2. The SMILES string of the molecule is CC[C@]1(O)CC(=O)c2c(cc3c(c2O)C(=O)c2c(O)cccc2C3=O)[C@H]1C(=O)OC. The van der Waals surface area contributed by atoms with Gasteiger partial charge < -0.3 is 20.1 Å². The number of rotatable bonds is 2. The minimum absolute atomic E-state index is 0.0410. The molecule has 154 valence electrons. The molecule has 0 amide bonds. The highest BCUT2D eigenvalue weighted by molar-refractivity contribution is 6.31. The quantitative estimate of drug-likeness (QED) is 0.544. The van der Waals surface area contributed by atoms with Gasteiger partial charge in [0.25, 0.3) is 0 Å². The van der Waals surface area contributed by atoms with Crippen molar-refractivity contribution in [2.45, 2.75) is 31.3 Å². The second kappa shape index (κ2) is 6.50. The van der Waals surface area contributed by atoms with Gasteiger partial charge in [0.05, 0.1) is 29.4 Å². The number of Topliss-reactive ketones (excluding diaryl/α,β-unsaturated/α-hetero) is 1. The fourth-order valence-electron chi connectivity index (χ4n) is 4.41. The predicted octanol–water partition coefficient (Wildman–Crippen LogP) is 1.86. The molecule has 2 aromatic rings. The molecule has 0 unspecified atom stereocenters. The van der Waals surface area contributed by atoms with E-state index in [0.29, 0.717) is 0 Å². The standard InChI is InChI=1S/C22H18O8/c1-3-22(29)8-13(24)15-10(17(22)21(28)30-2)7-11-16(20(15)27)19(26)14-9(18(11)25)5-4-6-12(14)23/h4-7,17,23,27,29H,3,8H2,1-2H3/t17-,22-/m0/s1. The number of benzene rings is 2. The molecule has 0 spiro atoms. The number of hydrogen-bond donors (Lipinski definition) is 3. The number of esters is 1. The number of carbonyl (C=O) groups is 4. The lowest BCUT2D eigenvalue weighted by Crippen LogP contribution is -2.46. The van der Waals surface area contributed by atoms with E-state index in [-0.39, 0.29) is 34.2 Å². The van der Waals surface area contributed by atoms with Crippen molar-refractivity contribution in [1.29, 1.82) is 0 Å². The molecule has 2 aliphatic carbocycles. The van der Waals surface area contributed by atoms with Crippen molar-refractivity contribution >= 4 is 23.3 Å². The maximum Gasteiger partial charge on any atom is 0.316 e. The van der Waals surface area contributed by atoms with E-state index in [1.54, 1.807) is 6.92 Å². The number of phenolic OH excluding ortho intramolecular Hbond substituents is 2. The Morgan fingerprint density at radius 2 is 1.80 bits per heavy atom. The van der Waals surface area contributed by atoms with Gasteiger partial charge in [0.2, 0.25) is 5.78 Å². The van der Waals surface area contributed by atoms with Crippen LogP contribution in [0, 0.1) is 0 Å².